The van der Waals surface area contributed by atoms with Gasteiger partial charge in [-0.1, -0.05) is 12.1 Å². The van der Waals surface area contributed by atoms with Gasteiger partial charge in [-0.25, -0.2) is 4.99 Å². The van der Waals surface area contributed by atoms with E-state index in [1.165, 1.54) is 0 Å². The molecular formula is C15H24N4O. The Kier molecular flexibility index (Phi) is 6.56. The third-order valence-corrected chi connectivity index (χ3v) is 3.06. The molecule has 5 heteroatoms. The molecule has 1 amide bonds. The first-order chi connectivity index (χ1) is 9.62. The smallest absolute Gasteiger partial charge is 0.251 e. The molecule has 0 radical (unpaired) electrons. The lowest BCUT2D eigenvalue weighted by Gasteiger charge is -2.19. The van der Waals surface area contributed by atoms with Crippen molar-refractivity contribution in [3.8, 4) is 0 Å². The third-order valence-electron chi connectivity index (χ3n) is 3.06. The predicted molar refractivity (Wildman–Crippen MR) is 82.7 cm³/mol. The van der Waals surface area contributed by atoms with Crippen LogP contribution in [-0.2, 0) is 6.54 Å². The first-order valence-corrected chi connectivity index (χ1v) is 7.04. The van der Waals surface area contributed by atoms with Crippen LogP contribution in [0.3, 0.4) is 0 Å². The number of nitrogens with two attached hydrogens (primary N) is 1. The second-order valence-electron chi connectivity index (χ2n) is 4.40. The summed E-state index contributed by atoms with van der Waals surface area (Å²) >= 11 is 0. The molecule has 0 aliphatic rings. The van der Waals surface area contributed by atoms with Crippen molar-refractivity contribution in [3.05, 3.63) is 35.4 Å². The van der Waals surface area contributed by atoms with Crippen LogP contribution in [0.1, 0.15) is 36.7 Å². The zero-order chi connectivity index (χ0) is 15.0. The molecule has 0 aliphatic heterocycles. The predicted octanol–water partition coefficient (Wildman–Crippen LogP) is 1.59. The average molecular weight is 276 g/mol. The van der Waals surface area contributed by atoms with E-state index in [1.54, 1.807) is 0 Å². The van der Waals surface area contributed by atoms with Gasteiger partial charge in [0.15, 0.2) is 5.96 Å². The molecule has 0 unspecified atom stereocenters. The second kappa shape index (κ2) is 8.19. The number of hydrogen-bond acceptors (Lipinski definition) is 2. The van der Waals surface area contributed by atoms with Crippen molar-refractivity contribution in [2.24, 2.45) is 10.7 Å². The molecule has 0 saturated heterocycles. The van der Waals surface area contributed by atoms with Crippen LogP contribution in [0.2, 0.25) is 0 Å². The van der Waals surface area contributed by atoms with Crippen molar-refractivity contribution in [1.82, 2.24) is 10.2 Å². The molecule has 0 fully saturated rings. The topological polar surface area (TPSA) is 70.7 Å². The van der Waals surface area contributed by atoms with Gasteiger partial charge in [0.05, 0.1) is 6.54 Å². The summed E-state index contributed by atoms with van der Waals surface area (Å²) in [5.41, 5.74) is 7.61. The minimum absolute atomic E-state index is 0.0507. The Morgan fingerprint density at radius 1 is 1.20 bits per heavy atom. The highest BCUT2D eigenvalue weighted by Gasteiger charge is 2.04. The van der Waals surface area contributed by atoms with Gasteiger partial charge in [0.1, 0.15) is 0 Å². The van der Waals surface area contributed by atoms with Crippen LogP contribution in [0, 0.1) is 0 Å². The minimum Gasteiger partial charge on any atom is -0.370 e. The number of rotatable bonds is 6. The summed E-state index contributed by atoms with van der Waals surface area (Å²) in [6.45, 7) is 8.85. The van der Waals surface area contributed by atoms with E-state index < -0.39 is 0 Å². The molecule has 110 valence electrons. The SMILES string of the molecule is CCNC(=O)c1ccc(CN=C(N)N(CC)CC)cc1. The fourth-order valence-electron chi connectivity index (χ4n) is 1.84. The number of carbonyl (C=O) groups excluding carboxylic acids is 1. The maximum Gasteiger partial charge on any atom is 0.251 e. The van der Waals surface area contributed by atoms with Gasteiger partial charge in [-0.2, -0.15) is 0 Å². The fourth-order valence-corrected chi connectivity index (χ4v) is 1.84. The Bertz CT molecular complexity index is 449. The molecule has 0 spiro atoms. The maximum absolute atomic E-state index is 11.6. The van der Waals surface area contributed by atoms with E-state index in [1.807, 2.05) is 49.9 Å². The van der Waals surface area contributed by atoms with Crippen LogP contribution in [0.5, 0.6) is 0 Å². The summed E-state index contributed by atoms with van der Waals surface area (Å²) in [6, 6.07) is 7.43. The number of benzene rings is 1. The molecule has 1 rings (SSSR count). The van der Waals surface area contributed by atoms with Gasteiger partial charge in [0.2, 0.25) is 0 Å². The first kappa shape index (κ1) is 16.0. The van der Waals surface area contributed by atoms with Gasteiger partial charge in [0.25, 0.3) is 5.91 Å². The molecule has 1 aromatic carbocycles. The monoisotopic (exact) mass is 276 g/mol. The number of aliphatic imine (C=N–C) groups is 1. The molecule has 0 saturated carbocycles. The number of nitrogens with zero attached hydrogens (tertiary/aromatic N) is 2. The molecular weight excluding hydrogens is 252 g/mol. The summed E-state index contributed by atoms with van der Waals surface area (Å²) in [5.74, 6) is 0.507. The quantitative estimate of drug-likeness (QED) is 0.612. The molecule has 20 heavy (non-hydrogen) atoms. The van der Waals surface area contributed by atoms with Gasteiger partial charge < -0.3 is 16.0 Å². The summed E-state index contributed by atoms with van der Waals surface area (Å²) in [6.07, 6.45) is 0. The molecule has 0 aliphatic carbocycles. The third kappa shape index (κ3) is 4.57. The highest BCUT2D eigenvalue weighted by Crippen LogP contribution is 2.06. The lowest BCUT2D eigenvalue weighted by molar-refractivity contribution is 0.0956. The summed E-state index contributed by atoms with van der Waals surface area (Å²) in [5, 5.41) is 2.77. The Morgan fingerprint density at radius 3 is 2.30 bits per heavy atom. The molecule has 0 bridgehead atoms. The lowest BCUT2D eigenvalue weighted by Crippen LogP contribution is -2.37. The van der Waals surface area contributed by atoms with Gasteiger partial charge in [0, 0.05) is 25.2 Å². The second-order valence-corrected chi connectivity index (χ2v) is 4.40. The van der Waals surface area contributed by atoms with Crippen LogP contribution in [0.25, 0.3) is 0 Å². The number of hydrogen-bond donors (Lipinski definition) is 2. The highest BCUT2D eigenvalue weighted by molar-refractivity contribution is 5.94. The van der Waals surface area contributed by atoms with Crippen molar-refractivity contribution in [3.63, 3.8) is 0 Å². The Morgan fingerprint density at radius 2 is 1.80 bits per heavy atom. The average Bonchev–Trinajstić information content (AvgIpc) is 2.47. The largest absolute Gasteiger partial charge is 0.370 e. The van der Waals surface area contributed by atoms with Gasteiger partial charge in [-0.3, -0.25) is 4.79 Å². The van der Waals surface area contributed by atoms with Crippen molar-refractivity contribution in [1.29, 1.82) is 0 Å². The molecule has 5 nitrogen and oxygen atoms in total. The van der Waals surface area contributed by atoms with Crippen molar-refractivity contribution in [2.45, 2.75) is 27.3 Å². The molecule has 0 heterocycles. The highest BCUT2D eigenvalue weighted by atomic mass is 16.1. The number of guanidine groups is 1. The Labute approximate surface area is 120 Å². The normalized spacial score (nSPS) is 11.2. The Balaban J connectivity index is 2.66. The standard InChI is InChI=1S/C15H24N4O/c1-4-17-14(20)13-9-7-12(8-10-13)11-18-15(16)19(5-2)6-3/h7-10H,4-6,11H2,1-3H3,(H2,16,18)(H,17,20). The van der Waals surface area contributed by atoms with E-state index in [0.29, 0.717) is 24.6 Å². The summed E-state index contributed by atoms with van der Waals surface area (Å²) < 4.78 is 0. The van der Waals surface area contributed by atoms with Crippen molar-refractivity contribution < 1.29 is 4.79 Å². The van der Waals surface area contributed by atoms with Crippen LogP contribution in [0.4, 0.5) is 0 Å². The number of carbonyl (C=O) groups is 1. The van der Waals surface area contributed by atoms with Crippen LogP contribution in [-0.4, -0.2) is 36.4 Å². The molecule has 0 aromatic heterocycles. The summed E-state index contributed by atoms with van der Waals surface area (Å²) in [4.78, 5) is 18.0. The van der Waals surface area contributed by atoms with E-state index in [-0.39, 0.29) is 5.91 Å². The lowest BCUT2D eigenvalue weighted by atomic mass is 10.1. The zero-order valence-corrected chi connectivity index (χ0v) is 12.5. The van der Waals surface area contributed by atoms with Crippen molar-refractivity contribution >= 4 is 11.9 Å². The molecule has 1 aromatic rings. The van der Waals surface area contributed by atoms with E-state index in [2.05, 4.69) is 10.3 Å². The van der Waals surface area contributed by atoms with E-state index in [4.69, 9.17) is 5.73 Å². The minimum atomic E-state index is -0.0507. The van der Waals surface area contributed by atoms with Gasteiger partial charge in [-0.15, -0.1) is 0 Å². The van der Waals surface area contributed by atoms with Crippen molar-refractivity contribution in [2.75, 3.05) is 19.6 Å². The van der Waals surface area contributed by atoms with Gasteiger partial charge in [-0.05, 0) is 38.5 Å². The molecule has 3 N–H and O–H groups in total. The number of amides is 1. The first-order valence-electron chi connectivity index (χ1n) is 7.04. The van der Waals surface area contributed by atoms with E-state index in [0.717, 1.165) is 18.7 Å². The van der Waals surface area contributed by atoms with Crippen LogP contribution >= 0.6 is 0 Å². The van der Waals surface area contributed by atoms with Gasteiger partial charge >= 0.3 is 0 Å². The maximum atomic E-state index is 11.6. The summed E-state index contributed by atoms with van der Waals surface area (Å²) in [7, 11) is 0. The van der Waals surface area contributed by atoms with E-state index in [9.17, 15) is 4.79 Å². The van der Waals surface area contributed by atoms with Crippen LogP contribution in [0.15, 0.2) is 29.3 Å². The van der Waals surface area contributed by atoms with Crippen LogP contribution < -0.4 is 11.1 Å². The zero-order valence-electron chi connectivity index (χ0n) is 12.5. The number of nitrogens with one attached hydrogen (secondary N) is 1. The fraction of sp³-hybridized carbons (Fsp3) is 0.467. The Hall–Kier alpha value is -2.04. The van der Waals surface area contributed by atoms with E-state index >= 15 is 0 Å². The molecule has 0 atom stereocenters.